The Balaban J connectivity index is 4.61. The van der Waals surface area contributed by atoms with E-state index in [9.17, 15) is 14.7 Å². The van der Waals surface area contributed by atoms with E-state index in [4.69, 9.17) is 10.5 Å². The summed E-state index contributed by atoms with van der Waals surface area (Å²) in [7, 11) is 0. The third-order valence-corrected chi connectivity index (χ3v) is 3.40. The fraction of sp³-hybridized carbons (Fsp3) is 0.875. The highest BCUT2D eigenvalue weighted by molar-refractivity contribution is 5.82. The summed E-state index contributed by atoms with van der Waals surface area (Å²) in [6.45, 7) is 8.01. The minimum atomic E-state index is -0.958. The predicted molar refractivity (Wildman–Crippen MR) is 86.1 cm³/mol. The molecule has 130 valence electrons. The quantitative estimate of drug-likeness (QED) is 0.499. The van der Waals surface area contributed by atoms with Gasteiger partial charge >= 0.3 is 5.97 Å². The highest BCUT2D eigenvalue weighted by Gasteiger charge is 2.26. The van der Waals surface area contributed by atoms with Crippen molar-refractivity contribution in [3.8, 4) is 0 Å². The molecule has 1 amide bonds. The number of hydrogen-bond donors (Lipinski definition) is 3. The monoisotopic (exact) mass is 316 g/mol. The molecule has 2 unspecified atom stereocenters. The Hall–Kier alpha value is -1.14. The van der Waals surface area contributed by atoms with Gasteiger partial charge in [-0.15, -0.1) is 0 Å². The molecule has 3 atom stereocenters. The van der Waals surface area contributed by atoms with Crippen molar-refractivity contribution in [2.45, 2.75) is 78.0 Å². The van der Waals surface area contributed by atoms with Crippen molar-refractivity contribution in [3.63, 3.8) is 0 Å². The minimum Gasteiger partial charge on any atom is -0.466 e. The van der Waals surface area contributed by atoms with Crippen LogP contribution in [0.2, 0.25) is 0 Å². The molecule has 0 aromatic rings. The van der Waals surface area contributed by atoms with E-state index in [-0.39, 0.29) is 18.9 Å². The number of nitrogens with one attached hydrogen (secondary N) is 1. The second kappa shape index (κ2) is 11.4. The Morgan fingerprint density at radius 3 is 2.41 bits per heavy atom. The number of aliphatic hydroxyl groups is 1. The average molecular weight is 316 g/mol. The highest BCUT2D eigenvalue weighted by Crippen LogP contribution is 2.11. The van der Waals surface area contributed by atoms with Gasteiger partial charge in [0.25, 0.3) is 0 Å². The van der Waals surface area contributed by atoms with Crippen molar-refractivity contribution >= 4 is 11.9 Å². The predicted octanol–water partition coefficient (Wildman–Crippen LogP) is 1.35. The van der Waals surface area contributed by atoms with Gasteiger partial charge in [-0.2, -0.15) is 0 Å². The number of carbonyl (C=O) groups excluding carboxylic acids is 2. The zero-order chi connectivity index (χ0) is 17.1. The highest BCUT2D eigenvalue weighted by atomic mass is 16.5. The topological polar surface area (TPSA) is 102 Å². The largest absolute Gasteiger partial charge is 0.466 e. The molecule has 0 saturated heterocycles. The normalized spacial score (nSPS) is 15.2. The van der Waals surface area contributed by atoms with Gasteiger partial charge in [0, 0.05) is 0 Å². The van der Waals surface area contributed by atoms with Gasteiger partial charge in [0.1, 0.15) is 0 Å². The van der Waals surface area contributed by atoms with E-state index in [1.165, 1.54) is 0 Å². The van der Waals surface area contributed by atoms with Crippen LogP contribution in [-0.2, 0) is 14.3 Å². The molecule has 0 radical (unpaired) electrons. The summed E-state index contributed by atoms with van der Waals surface area (Å²) in [4.78, 5) is 23.6. The Morgan fingerprint density at radius 2 is 1.91 bits per heavy atom. The SMILES string of the molecule is CCCCC(NC(=O)[C@@H](N)CC(C)C)C(O)CC(=O)OCC. The lowest BCUT2D eigenvalue weighted by atomic mass is 9.99. The maximum Gasteiger partial charge on any atom is 0.308 e. The van der Waals surface area contributed by atoms with E-state index in [0.717, 1.165) is 12.8 Å². The van der Waals surface area contributed by atoms with E-state index in [0.29, 0.717) is 18.8 Å². The van der Waals surface area contributed by atoms with Crippen molar-refractivity contribution in [2.24, 2.45) is 11.7 Å². The molecule has 0 aliphatic heterocycles. The van der Waals surface area contributed by atoms with Crippen LogP contribution in [0.15, 0.2) is 0 Å². The van der Waals surface area contributed by atoms with Gasteiger partial charge in [0.2, 0.25) is 5.91 Å². The molecule has 0 spiro atoms. The minimum absolute atomic E-state index is 0.123. The molecule has 0 aliphatic rings. The number of ether oxygens (including phenoxy) is 1. The summed E-state index contributed by atoms with van der Waals surface area (Å²) in [5, 5.41) is 13.0. The van der Waals surface area contributed by atoms with E-state index in [2.05, 4.69) is 5.32 Å². The fourth-order valence-electron chi connectivity index (χ4n) is 2.22. The molecule has 22 heavy (non-hydrogen) atoms. The van der Waals surface area contributed by atoms with Crippen LogP contribution in [0.4, 0.5) is 0 Å². The van der Waals surface area contributed by atoms with Crippen molar-refractivity contribution in [3.05, 3.63) is 0 Å². The Labute approximate surface area is 133 Å². The summed E-state index contributed by atoms with van der Waals surface area (Å²) in [5.41, 5.74) is 5.86. The third kappa shape index (κ3) is 9.00. The number of hydrogen-bond acceptors (Lipinski definition) is 5. The van der Waals surface area contributed by atoms with Crippen molar-refractivity contribution in [2.75, 3.05) is 6.61 Å². The second-order valence-electron chi connectivity index (χ2n) is 6.07. The molecule has 0 rings (SSSR count). The van der Waals surface area contributed by atoms with E-state index in [1.54, 1.807) is 6.92 Å². The smallest absolute Gasteiger partial charge is 0.308 e. The molecule has 6 nitrogen and oxygen atoms in total. The van der Waals surface area contributed by atoms with Gasteiger partial charge in [0.15, 0.2) is 0 Å². The third-order valence-electron chi connectivity index (χ3n) is 3.40. The maximum absolute atomic E-state index is 12.1. The number of rotatable bonds is 11. The van der Waals surface area contributed by atoms with Gasteiger partial charge in [-0.1, -0.05) is 33.6 Å². The summed E-state index contributed by atoms with van der Waals surface area (Å²) < 4.78 is 4.84. The first kappa shape index (κ1) is 20.9. The molecule has 0 heterocycles. The van der Waals surface area contributed by atoms with Crippen LogP contribution >= 0.6 is 0 Å². The van der Waals surface area contributed by atoms with Crippen molar-refractivity contribution < 1.29 is 19.4 Å². The zero-order valence-electron chi connectivity index (χ0n) is 14.3. The average Bonchev–Trinajstić information content (AvgIpc) is 2.42. The summed E-state index contributed by atoms with van der Waals surface area (Å²) in [5.74, 6) is -0.422. The molecule has 0 aliphatic carbocycles. The molecule has 0 aromatic heterocycles. The van der Waals surface area contributed by atoms with Crippen molar-refractivity contribution in [1.29, 1.82) is 0 Å². The number of carbonyl (C=O) groups is 2. The first-order chi connectivity index (χ1) is 10.3. The van der Waals surface area contributed by atoms with Crippen LogP contribution in [0.25, 0.3) is 0 Å². The second-order valence-corrected chi connectivity index (χ2v) is 6.07. The molecule has 0 aromatic carbocycles. The van der Waals surface area contributed by atoms with Gasteiger partial charge in [-0.25, -0.2) is 0 Å². The number of esters is 1. The molecule has 6 heteroatoms. The molecule has 0 saturated carbocycles. The van der Waals surface area contributed by atoms with Crippen LogP contribution in [0, 0.1) is 5.92 Å². The van der Waals surface area contributed by atoms with Crippen LogP contribution in [0.5, 0.6) is 0 Å². The molecule has 4 N–H and O–H groups in total. The molecular formula is C16H32N2O4. The standard InChI is InChI=1S/C16H32N2O4/c1-5-7-8-13(14(19)10-15(20)22-6-2)18-16(21)12(17)9-11(3)4/h11-14,19H,5-10,17H2,1-4H3,(H,18,21)/t12-,13?,14?/m0/s1. The lowest BCUT2D eigenvalue weighted by molar-refractivity contribution is -0.146. The number of unbranched alkanes of at least 4 members (excludes halogenated alkanes) is 1. The summed E-state index contributed by atoms with van der Waals surface area (Å²) >= 11 is 0. The Morgan fingerprint density at radius 1 is 1.27 bits per heavy atom. The van der Waals surface area contributed by atoms with Crippen LogP contribution < -0.4 is 11.1 Å². The summed E-state index contributed by atoms with van der Waals surface area (Å²) in [6.07, 6.45) is 1.90. The van der Waals surface area contributed by atoms with Gasteiger partial charge in [-0.05, 0) is 25.7 Å². The van der Waals surface area contributed by atoms with Gasteiger partial charge < -0.3 is 20.9 Å². The number of amides is 1. The first-order valence-corrected chi connectivity index (χ1v) is 8.21. The molecule has 0 fully saturated rings. The van der Waals surface area contributed by atoms with Crippen molar-refractivity contribution in [1.82, 2.24) is 5.32 Å². The fourth-order valence-corrected chi connectivity index (χ4v) is 2.22. The maximum atomic E-state index is 12.1. The van der Waals surface area contributed by atoms with Crippen LogP contribution in [0.3, 0.4) is 0 Å². The lowest BCUT2D eigenvalue weighted by Gasteiger charge is -2.25. The van der Waals surface area contributed by atoms with Crippen LogP contribution in [-0.4, -0.2) is 41.8 Å². The van der Waals surface area contributed by atoms with Crippen LogP contribution in [0.1, 0.15) is 59.8 Å². The molecule has 0 bridgehead atoms. The Kier molecular flexibility index (Phi) is 10.8. The lowest BCUT2D eigenvalue weighted by Crippen LogP contribution is -2.50. The number of nitrogens with two attached hydrogens (primary N) is 1. The van der Waals surface area contributed by atoms with E-state index >= 15 is 0 Å². The number of aliphatic hydroxyl groups excluding tert-OH is 1. The van der Waals surface area contributed by atoms with Gasteiger partial charge in [-0.3, -0.25) is 9.59 Å². The van der Waals surface area contributed by atoms with E-state index < -0.39 is 24.2 Å². The molecular weight excluding hydrogens is 284 g/mol. The first-order valence-electron chi connectivity index (χ1n) is 8.21. The zero-order valence-corrected chi connectivity index (χ0v) is 14.3. The Bertz CT molecular complexity index is 334. The van der Waals surface area contributed by atoms with Gasteiger partial charge in [0.05, 0.1) is 31.2 Å². The summed E-state index contributed by atoms with van der Waals surface area (Å²) in [6, 6.07) is -1.08. The van der Waals surface area contributed by atoms with E-state index in [1.807, 2.05) is 20.8 Å².